The number of ketones is 1. The molecule has 2 nitrogen and oxygen atoms in total. The number of hydrogen-bond acceptors (Lipinski definition) is 2. The van der Waals surface area contributed by atoms with Gasteiger partial charge in [-0.25, -0.2) is 0 Å². The van der Waals surface area contributed by atoms with Crippen molar-refractivity contribution in [1.29, 1.82) is 0 Å². The van der Waals surface area contributed by atoms with Crippen molar-refractivity contribution >= 4 is 29.0 Å². The fourth-order valence-electron chi connectivity index (χ4n) is 2.84. The maximum atomic E-state index is 12.4. The van der Waals surface area contributed by atoms with Gasteiger partial charge in [0.05, 0.1) is 11.6 Å². The van der Waals surface area contributed by atoms with Gasteiger partial charge in [0.2, 0.25) is 0 Å². The number of carbonyl (C=O) groups is 1. The van der Waals surface area contributed by atoms with E-state index in [1.54, 1.807) is 18.2 Å². The number of likely N-dealkylation sites (N-methyl/N-ethyl adjacent to an activating group) is 1. The van der Waals surface area contributed by atoms with E-state index in [0.717, 1.165) is 5.92 Å². The molecule has 2 rings (SSSR count). The predicted molar refractivity (Wildman–Crippen MR) is 84.8 cm³/mol. The number of nitrogens with zero attached hydrogens (tertiary/aromatic N) is 1. The van der Waals surface area contributed by atoms with Gasteiger partial charge in [0.25, 0.3) is 0 Å². The van der Waals surface area contributed by atoms with E-state index < -0.39 is 0 Å². The minimum Gasteiger partial charge on any atom is -0.296 e. The Balaban J connectivity index is 1.98. The molecule has 0 aliphatic heterocycles. The van der Waals surface area contributed by atoms with E-state index in [2.05, 4.69) is 11.8 Å². The van der Waals surface area contributed by atoms with Crippen molar-refractivity contribution < 1.29 is 4.79 Å². The molecule has 0 aromatic heterocycles. The lowest BCUT2D eigenvalue weighted by molar-refractivity contribution is 0.0889. The van der Waals surface area contributed by atoms with E-state index >= 15 is 0 Å². The SMILES string of the molecule is CC1CCC(N(C)CC(=O)c2cc(Cl)ccc2Cl)CC1. The summed E-state index contributed by atoms with van der Waals surface area (Å²) < 4.78 is 0. The third-order valence-corrected chi connectivity index (χ3v) is 4.80. The van der Waals surface area contributed by atoms with E-state index in [9.17, 15) is 4.79 Å². The van der Waals surface area contributed by atoms with E-state index in [4.69, 9.17) is 23.2 Å². The highest BCUT2D eigenvalue weighted by atomic mass is 35.5. The lowest BCUT2D eigenvalue weighted by atomic mass is 9.86. The number of carbonyl (C=O) groups excluding carboxylic acids is 1. The summed E-state index contributed by atoms with van der Waals surface area (Å²) in [6.07, 6.45) is 4.85. The first-order valence-electron chi connectivity index (χ1n) is 7.16. The Labute approximate surface area is 131 Å². The molecule has 0 radical (unpaired) electrons. The number of Topliss-reactive ketones (excluding diaryl/α,β-unsaturated/α-hetero) is 1. The van der Waals surface area contributed by atoms with E-state index in [1.165, 1.54) is 25.7 Å². The standard InChI is InChI=1S/C16H21Cl2NO/c1-11-3-6-13(7-4-11)19(2)10-16(20)14-9-12(17)5-8-15(14)18/h5,8-9,11,13H,3-4,6-7,10H2,1-2H3. The van der Waals surface area contributed by atoms with Gasteiger partial charge in [0.1, 0.15) is 0 Å². The average Bonchev–Trinajstić information content (AvgIpc) is 2.42. The summed E-state index contributed by atoms with van der Waals surface area (Å²) in [6.45, 7) is 2.70. The largest absolute Gasteiger partial charge is 0.296 e. The van der Waals surface area contributed by atoms with Crippen LogP contribution >= 0.6 is 23.2 Å². The van der Waals surface area contributed by atoms with Crippen molar-refractivity contribution in [1.82, 2.24) is 4.90 Å². The van der Waals surface area contributed by atoms with Crippen molar-refractivity contribution in [2.24, 2.45) is 5.92 Å². The maximum absolute atomic E-state index is 12.4. The zero-order chi connectivity index (χ0) is 14.7. The first kappa shape index (κ1) is 15.8. The Bertz CT molecular complexity index is 481. The summed E-state index contributed by atoms with van der Waals surface area (Å²) in [5.74, 6) is 0.858. The monoisotopic (exact) mass is 313 g/mol. The van der Waals surface area contributed by atoms with Crippen molar-refractivity contribution in [2.45, 2.75) is 38.6 Å². The molecule has 1 fully saturated rings. The van der Waals surface area contributed by atoms with Crippen LogP contribution in [0.25, 0.3) is 0 Å². The van der Waals surface area contributed by atoms with Crippen molar-refractivity contribution in [3.05, 3.63) is 33.8 Å². The summed E-state index contributed by atoms with van der Waals surface area (Å²) in [4.78, 5) is 14.5. The molecule has 0 spiro atoms. The summed E-state index contributed by atoms with van der Waals surface area (Å²) >= 11 is 12.0. The number of hydrogen-bond donors (Lipinski definition) is 0. The van der Waals surface area contributed by atoms with Crippen LogP contribution in [0.4, 0.5) is 0 Å². The molecule has 0 saturated heterocycles. The smallest absolute Gasteiger partial charge is 0.178 e. The summed E-state index contributed by atoms with van der Waals surface area (Å²) in [5.41, 5.74) is 0.523. The molecule has 110 valence electrons. The molecule has 1 aliphatic rings. The van der Waals surface area contributed by atoms with Crippen LogP contribution in [0.2, 0.25) is 10.0 Å². The van der Waals surface area contributed by atoms with Gasteiger partial charge < -0.3 is 0 Å². The molecule has 4 heteroatoms. The highest BCUT2D eigenvalue weighted by Gasteiger charge is 2.23. The van der Waals surface area contributed by atoms with Gasteiger partial charge in [0.15, 0.2) is 5.78 Å². The fourth-order valence-corrected chi connectivity index (χ4v) is 3.23. The molecule has 1 aromatic rings. The normalized spacial score (nSPS) is 23.1. The van der Waals surface area contributed by atoms with Crippen LogP contribution < -0.4 is 0 Å². The van der Waals surface area contributed by atoms with Gasteiger partial charge in [-0.3, -0.25) is 9.69 Å². The van der Waals surface area contributed by atoms with E-state index in [0.29, 0.717) is 28.2 Å². The van der Waals surface area contributed by atoms with Crippen LogP contribution in [0.5, 0.6) is 0 Å². The molecular formula is C16H21Cl2NO. The molecule has 1 aromatic carbocycles. The van der Waals surface area contributed by atoms with Crippen LogP contribution in [0.3, 0.4) is 0 Å². The van der Waals surface area contributed by atoms with Crippen molar-refractivity contribution in [3.8, 4) is 0 Å². The first-order valence-corrected chi connectivity index (χ1v) is 7.91. The fraction of sp³-hybridized carbons (Fsp3) is 0.562. The zero-order valence-electron chi connectivity index (χ0n) is 12.0. The summed E-state index contributed by atoms with van der Waals surface area (Å²) in [5, 5.41) is 1.02. The van der Waals surface area contributed by atoms with Crippen LogP contribution in [-0.4, -0.2) is 30.3 Å². The number of halogens is 2. The van der Waals surface area contributed by atoms with Crippen LogP contribution in [0.1, 0.15) is 43.0 Å². The quantitative estimate of drug-likeness (QED) is 0.752. The lowest BCUT2D eigenvalue weighted by Crippen LogP contribution is -2.38. The molecule has 20 heavy (non-hydrogen) atoms. The number of rotatable bonds is 4. The third-order valence-electron chi connectivity index (χ3n) is 4.23. The average molecular weight is 314 g/mol. The zero-order valence-corrected chi connectivity index (χ0v) is 13.5. The second-order valence-corrected chi connectivity index (χ2v) is 6.72. The molecule has 1 aliphatic carbocycles. The molecule has 0 unspecified atom stereocenters. The Morgan fingerprint density at radius 2 is 1.90 bits per heavy atom. The number of benzene rings is 1. The van der Waals surface area contributed by atoms with Crippen molar-refractivity contribution in [3.63, 3.8) is 0 Å². The molecule has 0 atom stereocenters. The van der Waals surface area contributed by atoms with Gasteiger partial charge in [0, 0.05) is 16.6 Å². The van der Waals surface area contributed by atoms with E-state index in [1.807, 2.05) is 7.05 Å². The first-order chi connectivity index (χ1) is 9.47. The Hall–Kier alpha value is -0.570. The lowest BCUT2D eigenvalue weighted by Gasteiger charge is -2.33. The van der Waals surface area contributed by atoms with Gasteiger partial charge in [-0.05, 0) is 56.8 Å². The maximum Gasteiger partial charge on any atom is 0.178 e. The highest BCUT2D eigenvalue weighted by Crippen LogP contribution is 2.27. The van der Waals surface area contributed by atoms with E-state index in [-0.39, 0.29) is 5.78 Å². The topological polar surface area (TPSA) is 20.3 Å². The molecule has 0 N–H and O–H groups in total. The minimum atomic E-state index is 0.0404. The predicted octanol–water partition coefficient (Wildman–Crippen LogP) is 4.69. The van der Waals surface area contributed by atoms with Gasteiger partial charge in [-0.1, -0.05) is 30.1 Å². The van der Waals surface area contributed by atoms with Crippen LogP contribution in [0.15, 0.2) is 18.2 Å². The molecule has 0 heterocycles. The molecular weight excluding hydrogens is 293 g/mol. The second-order valence-electron chi connectivity index (χ2n) is 5.88. The Morgan fingerprint density at radius 1 is 1.25 bits per heavy atom. The van der Waals surface area contributed by atoms with Gasteiger partial charge in [-0.2, -0.15) is 0 Å². The van der Waals surface area contributed by atoms with Crippen LogP contribution in [-0.2, 0) is 0 Å². The van der Waals surface area contributed by atoms with Gasteiger partial charge >= 0.3 is 0 Å². The Kier molecular flexibility index (Phi) is 5.48. The summed E-state index contributed by atoms with van der Waals surface area (Å²) in [6, 6.07) is 5.54. The second kappa shape index (κ2) is 6.93. The molecule has 1 saturated carbocycles. The highest BCUT2D eigenvalue weighted by molar-refractivity contribution is 6.36. The Morgan fingerprint density at radius 3 is 2.55 bits per heavy atom. The molecule has 0 bridgehead atoms. The molecule has 0 amide bonds. The third kappa shape index (κ3) is 3.97. The minimum absolute atomic E-state index is 0.0404. The van der Waals surface area contributed by atoms with Gasteiger partial charge in [-0.15, -0.1) is 0 Å². The van der Waals surface area contributed by atoms with Crippen molar-refractivity contribution in [2.75, 3.05) is 13.6 Å². The summed E-state index contributed by atoms with van der Waals surface area (Å²) in [7, 11) is 2.02. The van der Waals surface area contributed by atoms with Crippen LogP contribution in [0, 0.1) is 5.92 Å².